The zero-order valence-corrected chi connectivity index (χ0v) is 15.5. The molecule has 2 fully saturated rings. The molecule has 1 nitrogen and oxygen atoms in total. The second-order valence-corrected chi connectivity index (χ2v) is 5.79. The van der Waals surface area contributed by atoms with Crippen molar-refractivity contribution in [2.45, 2.75) is 64.3 Å². The summed E-state index contributed by atoms with van der Waals surface area (Å²) in [6.45, 7) is 0.845. The molecule has 22 heavy (non-hydrogen) atoms. The van der Waals surface area contributed by atoms with Crippen LogP contribution in [0.15, 0.2) is 35.3 Å². The average molecular weight is 343 g/mol. The number of nitrogens with zero attached hydrogens (tertiary/aromatic N) is 1. The van der Waals surface area contributed by atoms with Gasteiger partial charge in [-0.1, -0.05) is 75.3 Å². The standard InChI is InChI=1S/C13H17N.C5H10.2CH3.Fe/c1-2-6-12(7-3-1)10-14-11-13-8-4-5-9-13;1-2-4-5-3-1;;;/h1-3,6-7,11,13H,4-5,8-10H2;1-5H2;2*1H3;/q;;2*-1;+2. The molecule has 0 N–H and O–H groups in total. The van der Waals surface area contributed by atoms with Crippen LogP contribution < -0.4 is 0 Å². The Morgan fingerprint density at radius 1 is 0.818 bits per heavy atom. The molecule has 1 aromatic carbocycles. The Hall–Kier alpha value is -0.591. The summed E-state index contributed by atoms with van der Waals surface area (Å²) in [5.41, 5.74) is 1.31. The minimum atomic E-state index is 0. The fourth-order valence-electron chi connectivity index (χ4n) is 2.88. The van der Waals surface area contributed by atoms with Crippen LogP contribution in [0.1, 0.15) is 63.4 Å². The molecule has 2 saturated carbocycles. The molecule has 0 heterocycles. The summed E-state index contributed by atoms with van der Waals surface area (Å²) in [5, 5.41) is 0. The molecule has 2 aliphatic rings. The second-order valence-electron chi connectivity index (χ2n) is 5.79. The molecule has 0 unspecified atom stereocenters. The quantitative estimate of drug-likeness (QED) is 0.347. The maximum Gasteiger partial charge on any atom is 2.00 e. The largest absolute Gasteiger partial charge is 2.00 e. The maximum atomic E-state index is 4.50. The van der Waals surface area contributed by atoms with E-state index in [9.17, 15) is 0 Å². The predicted octanol–water partition coefficient (Wildman–Crippen LogP) is 6.30. The molecule has 0 aromatic heterocycles. The van der Waals surface area contributed by atoms with Crippen LogP contribution in [-0.2, 0) is 23.6 Å². The first-order valence-electron chi connectivity index (χ1n) is 7.99. The van der Waals surface area contributed by atoms with Crippen molar-refractivity contribution in [2.24, 2.45) is 10.9 Å². The number of aliphatic imine (C=N–C) groups is 1. The minimum Gasteiger partial charge on any atom is -0.358 e. The van der Waals surface area contributed by atoms with Gasteiger partial charge in [-0.3, -0.25) is 4.99 Å². The minimum absolute atomic E-state index is 0. The van der Waals surface area contributed by atoms with Crippen molar-refractivity contribution in [1.29, 1.82) is 0 Å². The first kappa shape index (κ1) is 23.7. The molecular formula is C20H33FeN. The van der Waals surface area contributed by atoms with Gasteiger partial charge >= 0.3 is 17.1 Å². The molecule has 1 aromatic rings. The zero-order valence-electron chi connectivity index (χ0n) is 14.4. The first-order valence-corrected chi connectivity index (χ1v) is 7.99. The summed E-state index contributed by atoms with van der Waals surface area (Å²) in [4.78, 5) is 4.50. The molecule has 126 valence electrons. The molecule has 3 rings (SSSR count). The average Bonchev–Trinajstić information content (AvgIpc) is 3.16. The SMILES string of the molecule is C(=NCc1ccccc1)C1CCCC1.C1CCCC1.[CH3-].[CH3-].[Fe+2]. The van der Waals surface area contributed by atoms with Crippen molar-refractivity contribution in [3.05, 3.63) is 50.7 Å². The smallest absolute Gasteiger partial charge is 0.358 e. The van der Waals surface area contributed by atoms with Crippen LogP contribution in [0.5, 0.6) is 0 Å². The van der Waals surface area contributed by atoms with Crippen molar-refractivity contribution >= 4 is 6.21 Å². The molecule has 0 amide bonds. The monoisotopic (exact) mass is 343 g/mol. The van der Waals surface area contributed by atoms with E-state index in [2.05, 4.69) is 35.5 Å². The summed E-state index contributed by atoms with van der Waals surface area (Å²) in [5.74, 6) is 0.763. The molecule has 0 saturated heterocycles. The molecule has 2 heteroatoms. The second kappa shape index (κ2) is 15.3. The number of rotatable bonds is 3. The van der Waals surface area contributed by atoms with Gasteiger partial charge in [0, 0.05) is 6.21 Å². The number of hydrogen-bond donors (Lipinski definition) is 0. The van der Waals surface area contributed by atoms with E-state index in [-0.39, 0.29) is 31.9 Å². The van der Waals surface area contributed by atoms with Crippen LogP contribution in [0.4, 0.5) is 0 Å². The Bertz CT molecular complexity index is 344. The molecule has 0 spiro atoms. The van der Waals surface area contributed by atoms with Crippen LogP contribution in [-0.4, -0.2) is 6.21 Å². The van der Waals surface area contributed by atoms with E-state index in [1.165, 1.54) is 63.4 Å². The van der Waals surface area contributed by atoms with Crippen molar-refractivity contribution in [2.75, 3.05) is 0 Å². The number of benzene rings is 1. The summed E-state index contributed by atoms with van der Waals surface area (Å²) in [6, 6.07) is 10.4. The van der Waals surface area contributed by atoms with Crippen LogP contribution in [0.2, 0.25) is 0 Å². The van der Waals surface area contributed by atoms with Gasteiger partial charge < -0.3 is 14.9 Å². The van der Waals surface area contributed by atoms with Gasteiger partial charge in [0.25, 0.3) is 0 Å². The third-order valence-electron chi connectivity index (χ3n) is 4.08. The van der Waals surface area contributed by atoms with Gasteiger partial charge in [0.05, 0.1) is 6.54 Å². The summed E-state index contributed by atoms with van der Waals surface area (Å²) in [7, 11) is 0. The fraction of sp³-hybridized carbons (Fsp3) is 0.550. The number of hydrogen-bond acceptors (Lipinski definition) is 1. The van der Waals surface area contributed by atoms with E-state index in [4.69, 9.17) is 0 Å². The molecule has 0 radical (unpaired) electrons. The van der Waals surface area contributed by atoms with Gasteiger partial charge in [-0.25, -0.2) is 0 Å². The normalized spacial score (nSPS) is 16.9. The van der Waals surface area contributed by atoms with Crippen LogP contribution >= 0.6 is 0 Å². The van der Waals surface area contributed by atoms with E-state index in [1.54, 1.807) is 0 Å². The molecule has 2 aliphatic carbocycles. The maximum absolute atomic E-state index is 4.50. The van der Waals surface area contributed by atoms with Crippen LogP contribution in [0, 0.1) is 20.8 Å². The van der Waals surface area contributed by atoms with E-state index >= 15 is 0 Å². The molecule has 0 atom stereocenters. The Morgan fingerprint density at radius 3 is 1.82 bits per heavy atom. The topological polar surface area (TPSA) is 12.4 Å². The fourth-order valence-corrected chi connectivity index (χ4v) is 2.88. The molecule has 0 aliphatic heterocycles. The summed E-state index contributed by atoms with van der Waals surface area (Å²) < 4.78 is 0. The van der Waals surface area contributed by atoms with Crippen molar-refractivity contribution < 1.29 is 17.1 Å². The van der Waals surface area contributed by atoms with Gasteiger partial charge in [-0.15, -0.1) is 0 Å². The van der Waals surface area contributed by atoms with Gasteiger partial charge in [-0.05, 0) is 24.3 Å². The first-order chi connectivity index (χ1) is 9.45. The van der Waals surface area contributed by atoms with Crippen molar-refractivity contribution in [3.63, 3.8) is 0 Å². The van der Waals surface area contributed by atoms with Gasteiger partial charge in [0.15, 0.2) is 0 Å². The Balaban J connectivity index is 0. The third-order valence-corrected chi connectivity index (χ3v) is 4.08. The predicted molar refractivity (Wildman–Crippen MR) is 96.5 cm³/mol. The summed E-state index contributed by atoms with van der Waals surface area (Å²) >= 11 is 0. The zero-order chi connectivity index (χ0) is 13.2. The van der Waals surface area contributed by atoms with Crippen LogP contribution in [0.3, 0.4) is 0 Å². The van der Waals surface area contributed by atoms with E-state index in [1.807, 2.05) is 6.07 Å². The Morgan fingerprint density at radius 2 is 1.32 bits per heavy atom. The van der Waals surface area contributed by atoms with E-state index in [0.717, 1.165) is 12.5 Å². The van der Waals surface area contributed by atoms with Crippen molar-refractivity contribution in [1.82, 2.24) is 0 Å². The van der Waals surface area contributed by atoms with Gasteiger partial charge in [0.2, 0.25) is 0 Å². The van der Waals surface area contributed by atoms with E-state index in [0.29, 0.717) is 0 Å². The molecule has 0 bridgehead atoms. The Kier molecular flexibility index (Phi) is 16.5. The Labute approximate surface area is 149 Å². The third kappa shape index (κ3) is 10.2. The van der Waals surface area contributed by atoms with Gasteiger partial charge in [0.1, 0.15) is 0 Å². The van der Waals surface area contributed by atoms with E-state index < -0.39 is 0 Å². The van der Waals surface area contributed by atoms with Crippen molar-refractivity contribution in [3.8, 4) is 0 Å². The van der Waals surface area contributed by atoms with Gasteiger partial charge in [-0.2, -0.15) is 0 Å². The van der Waals surface area contributed by atoms with Crippen LogP contribution in [0.25, 0.3) is 0 Å². The summed E-state index contributed by atoms with van der Waals surface area (Å²) in [6.07, 6.45) is 15.1. The molecular weight excluding hydrogens is 310 g/mol.